The molecular weight excluding hydrogens is 633 g/mol. The first-order chi connectivity index (χ1) is 24.9. The first-order valence-electron chi connectivity index (χ1n) is 22.8. The fourth-order valence-electron chi connectivity index (χ4n) is 7.01. The molecule has 5 heteroatoms. The summed E-state index contributed by atoms with van der Waals surface area (Å²) >= 11 is 0. The van der Waals surface area contributed by atoms with Crippen molar-refractivity contribution >= 4 is 11.9 Å². The Morgan fingerprint density at radius 1 is 0.451 bits per heavy atom. The Balaban J connectivity index is 3.47. The molecule has 0 bridgehead atoms. The Bertz CT molecular complexity index is 722. The number of unbranched alkanes of at least 4 members (excludes halogenated alkanes) is 28. The summed E-state index contributed by atoms with van der Waals surface area (Å²) in [6, 6.07) is 0. The van der Waals surface area contributed by atoms with Gasteiger partial charge >= 0.3 is 11.9 Å². The van der Waals surface area contributed by atoms with Crippen molar-refractivity contribution in [3.05, 3.63) is 0 Å². The van der Waals surface area contributed by atoms with E-state index in [1.807, 2.05) is 0 Å². The van der Waals surface area contributed by atoms with E-state index in [1.54, 1.807) is 0 Å². The Hall–Kier alpha value is -1.10. The smallest absolute Gasteiger partial charge is 0.306 e. The highest BCUT2D eigenvalue weighted by Crippen LogP contribution is 2.18. The van der Waals surface area contributed by atoms with E-state index in [2.05, 4.69) is 27.7 Å². The van der Waals surface area contributed by atoms with Crippen LogP contribution < -0.4 is 0 Å². The molecule has 1 unspecified atom stereocenters. The van der Waals surface area contributed by atoms with E-state index >= 15 is 0 Å². The number of rotatable bonds is 41. The van der Waals surface area contributed by atoms with Crippen molar-refractivity contribution in [2.75, 3.05) is 13.2 Å². The maximum Gasteiger partial charge on any atom is 0.306 e. The first kappa shape index (κ1) is 49.9. The molecule has 0 aliphatic heterocycles. The quantitative estimate of drug-likeness (QED) is 0.0502. The maximum atomic E-state index is 12.2. The van der Waals surface area contributed by atoms with Gasteiger partial charge in [-0.15, -0.1) is 0 Å². The van der Waals surface area contributed by atoms with E-state index in [9.17, 15) is 14.7 Å². The fraction of sp³-hybridized carbons (Fsp3) is 0.957. The summed E-state index contributed by atoms with van der Waals surface area (Å²) < 4.78 is 10.7. The van der Waals surface area contributed by atoms with Gasteiger partial charge in [0.05, 0.1) is 6.61 Å². The lowest BCUT2D eigenvalue weighted by atomic mass is 9.99. The summed E-state index contributed by atoms with van der Waals surface area (Å²) in [6.45, 7) is 8.93. The molecule has 0 heterocycles. The highest BCUT2D eigenvalue weighted by molar-refractivity contribution is 5.70. The van der Waals surface area contributed by atoms with Crippen molar-refractivity contribution in [3.8, 4) is 0 Å². The van der Waals surface area contributed by atoms with Crippen LogP contribution in [0.4, 0.5) is 0 Å². The second kappa shape index (κ2) is 40.1. The second-order valence-electron chi connectivity index (χ2n) is 16.6. The topological polar surface area (TPSA) is 72.8 Å². The van der Waals surface area contributed by atoms with E-state index in [-0.39, 0.29) is 25.2 Å². The van der Waals surface area contributed by atoms with Crippen LogP contribution in [-0.2, 0) is 19.1 Å². The van der Waals surface area contributed by atoms with Crippen molar-refractivity contribution in [1.82, 2.24) is 0 Å². The molecule has 0 rings (SSSR count). The van der Waals surface area contributed by atoms with Gasteiger partial charge in [0.15, 0.2) is 6.10 Å². The third kappa shape index (κ3) is 39.9. The van der Waals surface area contributed by atoms with Gasteiger partial charge in [-0.3, -0.25) is 9.59 Å². The summed E-state index contributed by atoms with van der Waals surface area (Å²) in [4.78, 5) is 24.4. The molecule has 0 saturated heterocycles. The van der Waals surface area contributed by atoms with Crippen LogP contribution in [0, 0.1) is 11.8 Å². The highest BCUT2D eigenvalue weighted by Gasteiger charge is 2.16. The third-order valence-corrected chi connectivity index (χ3v) is 10.9. The Labute approximate surface area is 319 Å². The van der Waals surface area contributed by atoms with Crippen LogP contribution in [0.2, 0.25) is 0 Å². The lowest BCUT2D eigenvalue weighted by Crippen LogP contribution is -2.28. The molecule has 2 atom stereocenters. The van der Waals surface area contributed by atoms with Gasteiger partial charge in [-0.05, 0) is 24.7 Å². The van der Waals surface area contributed by atoms with E-state index in [0.717, 1.165) is 43.9 Å². The Morgan fingerprint density at radius 2 is 0.765 bits per heavy atom. The van der Waals surface area contributed by atoms with Gasteiger partial charge < -0.3 is 14.6 Å². The summed E-state index contributed by atoms with van der Waals surface area (Å²) in [5, 5.41) is 9.59. The van der Waals surface area contributed by atoms with Crippen molar-refractivity contribution in [2.45, 2.75) is 259 Å². The van der Waals surface area contributed by atoms with Gasteiger partial charge in [-0.1, -0.05) is 227 Å². The maximum absolute atomic E-state index is 12.2. The normalized spacial score (nSPS) is 12.7. The predicted octanol–water partition coefficient (Wildman–Crippen LogP) is 14.4. The zero-order chi connectivity index (χ0) is 37.5. The van der Waals surface area contributed by atoms with Crippen LogP contribution in [0.25, 0.3) is 0 Å². The summed E-state index contributed by atoms with van der Waals surface area (Å²) in [7, 11) is 0. The van der Waals surface area contributed by atoms with Gasteiger partial charge in [-0.25, -0.2) is 0 Å². The molecule has 51 heavy (non-hydrogen) atoms. The van der Waals surface area contributed by atoms with Gasteiger partial charge in [0.25, 0.3) is 0 Å². The molecule has 0 radical (unpaired) electrons. The lowest BCUT2D eigenvalue weighted by molar-refractivity contribution is -0.161. The van der Waals surface area contributed by atoms with Crippen molar-refractivity contribution < 1.29 is 24.2 Å². The molecule has 0 aromatic rings. The second-order valence-corrected chi connectivity index (χ2v) is 16.6. The van der Waals surface area contributed by atoms with Gasteiger partial charge in [-0.2, -0.15) is 0 Å². The van der Waals surface area contributed by atoms with Crippen molar-refractivity contribution in [3.63, 3.8) is 0 Å². The Kier molecular flexibility index (Phi) is 39.2. The molecule has 304 valence electrons. The highest BCUT2D eigenvalue weighted by atomic mass is 16.6. The molecule has 5 nitrogen and oxygen atoms in total. The predicted molar refractivity (Wildman–Crippen MR) is 219 cm³/mol. The third-order valence-electron chi connectivity index (χ3n) is 10.9. The minimum atomic E-state index is -0.763. The Morgan fingerprint density at radius 3 is 1.10 bits per heavy atom. The van der Waals surface area contributed by atoms with E-state index < -0.39 is 6.10 Å². The number of aliphatic hydroxyl groups excluding tert-OH is 1. The first-order valence-corrected chi connectivity index (χ1v) is 22.8. The molecule has 1 N–H and O–H groups in total. The summed E-state index contributed by atoms with van der Waals surface area (Å²) in [5.74, 6) is 1.19. The molecule has 0 aromatic carbocycles. The van der Waals surface area contributed by atoms with Crippen molar-refractivity contribution in [1.29, 1.82) is 0 Å². The minimum absolute atomic E-state index is 0.0577. The lowest BCUT2D eigenvalue weighted by Gasteiger charge is -2.15. The average Bonchev–Trinajstić information content (AvgIpc) is 3.12. The standard InChI is InChI=1S/C46H90O5/c1-5-43(4)37-33-29-25-21-17-13-10-11-14-18-22-26-30-34-38-45(48)50-41-44(40-47)51-46(49)39-35-31-27-23-19-15-9-7-6-8-12-16-20-24-28-32-36-42(2)3/h42-44,47H,5-41H2,1-4H3/t43?,44-/m0/s1. The average molecular weight is 723 g/mol. The van der Waals surface area contributed by atoms with E-state index in [4.69, 9.17) is 9.47 Å². The van der Waals surface area contributed by atoms with Gasteiger partial charge in [0.2, 0.25) is 0 Å². The number of carbonyl (C=O) groups excluding carboxylic acids is 2. The number of hydrogen-bond acceptors (Lipinski definition) is 5. The minimum Gasteiger partial charge on any atom is -0.462 e. The van der Waals surface area contributed by atoms with E-state index in [0.29, 0.717) is 12.8 Å². The van der Waals surface area contributed by atoms with Gasteiger partial charge in [0.1, 0.15) is 6.61 Å². The van der Waals surface area contributed by atoms with Crippen LogP contribution in [-0.4, -0.2) is 36.4 Å². The van der Waals surface area contributed by atoms with E-state index in [1.165, 1.54) is 180 Å². The SMILES string of the molecule is CCC(C)CCCCCCCCCCCCCCCCC(=O)OC[C@H](CO)OC(=O)CCCCCCCCCCCCCCCCCCC(C)C. The number of aliphatic hydroxyl groups is 1. The van der Waals surface area contributed by atoms with Gasteiger partial charge in [0, 0.05) is 12.8 Å². The molecule has 0 aliphatic rings. The molecule has 0 amide bonds. The number of esters is 2. The van der Waals surface area contributed by atoms with Crippen LogP contribution in [0.1, 0.15) is 252 Å². The number of carbonyl (C=O) groups is 2. The number of ether oxygens (including phenoxy) is 2. The fourth-order valence-corrected chi connectivity index (χ4v) is 7.01. The number of hydrogen-bond donors (Lipinski definition) is 1. The monoisotopic (exact) mass is 723 g/mol. The van der Waals surface area contributed by atoms with Crippen LogP contribution >= 0.6 is 0 Å². The zero-order valence-electron chi connectivity index (χ0n) is 35.0. The largest absolute Gasteiger partial charge is 0.462 e. The molecule has 0 spiro atoms. The van der Waals surface area contributed by atoms with Crippen LogP contribution in [0.5, 0.6) is 0 Å². The molecule has 0 aliphatic carbocycles. The summed E-state index contributed by atoms with van der Waals surface area (Å²) in [5.41, 5.74) is 0. The van der Waals surface area contributed by atoms with Crippen LogP contribution in [0.3, 0.4) is 0 Å². The van der Waals surface area contributed by atoms with Crippen molar-refractivity contribution in [2.24, 2.45) is 11.8 Å². The zero-order valence-corrected chi connectivity index (χ0v) is 35.0. The molecule has 0 fully saturated rings. The van der Waals surface area contributed by atoms with Crippen LogP contribution in [0.15, 0.2) is 0 Å². The molecule has 0 aromatic heterocycles. The molecular formula is C46H90O5. The molecule has 0 saturated carbocycles. The summed E-state index contributed by atoms with van der Waals surface area (Å²) in [6.07, 6.45) is 43.1.